The van der Waals surface area contributed by atoms with Crippen molar-refractivity contribution < 1.29 is 29.5 Å². The molecule has 4 heterocycles. The second-order valence-electron chi connectivity index (χ2n) is 13.8. The number of thiazole rings is 1. The number of rotatable bonds is 8. The van der Waals surface area contributed by atoms with Crippen molar-refractivity contribution in [2.24, 2.45) is 0 Å². The summed E-state index contributed by atoms with van der Waals surface area (Å²) in [4.78, 5) is 13.3. The number of imidazole rings is 2. The van der Waals surface area contributed by atoms with Crippen LogP contribution in [0.1, 0.15) is 154 Å². The fraction of sp³-hybridized carbons (Fsp3) is 0.649. The topological polar surface area (TPSA) is 186 Å². The fourth-order valence-corrected chi connectivity index (χ4v) is 9.89. The number of hydrogen-bond donors (Lipinski definition) is 0. The Morgan fingerprint density at radius 2 is 1.12 bits per heavy atom. The van der Waals surface area contributed by atoms with Crippen molar-refractivity contribution in [3.63, 3.8) is 0 Å². The maximum Gasteiger partial charge on any atom is 0.251 e. The molecule has 0 aliphatic rings. The van der Waals surface area contributed by atoms with E-state index < -0.39 is 39.6 Å². The van der Waals surface area contributed by atoms with Crippen LogP contribution in [0.25, 0.3) is 0 Å². The van der Waals surface area contributed by atoms with Gasteiger partial charge in [0, 0.05) is 45.4 Å². The van der Waals surface area contributed by atoms with E-state index in [4.69, 9.17) is 0 Å². The normalized spacial score (nSPS) is 12.4. The zero-order valence-corrected chi connectivity index (χ0v) is 37.4. The molecule has 4 rings (SSSR count). The van der Waals surface area contributed by atoms with Gasteiger partial charge in [0.05, 0.1) is 41.0 Å². The van der Waals surface area contributed by atoms with Gasteiger partial charge in [-0.2, -0.15) is 9.19 Å². The van der Waals surface area contributed by atoms with Crippen molar-refractivity contribution in [1.29, 1.82) is 0 Å². The first-order valence-corrected chi connectivity index (χ1v) is 24.9. The molecule has 0 amide bonds. The molecular weight excluding hydrogens is 815 g/mol. The van der Waals surface area contributed by atoms with Crippen LogP contribution < -0.4 is 0 Å². The van der Waals surface area contributed by atoms with Gasteiger partial charge in [0.1, 0.15) is 12.2 Å². The standard InChI is InChI=1S/C9H16N2O2S.C8H14N2O2S.C8H14N2OS.C8H13NO2S2.4CH4/c1-6(2)9-7(3)10-11(8(9)4)14(5,12)13;1-6(2)8-7(3)10(5-9-8)13(4,11)12;1-7(2)8-9-5-6-10(8)12(3,4)11;1-5(2)7-6(3)12-8(9-7)13(4,10)11;;;;/h6H,1-5H3;5-6H,1-4H3;5-7H,3H2,1-2,4H3;5H,1-4H3;4*1H4. The first-order chi connectivity index (χ1) is 23.3. The van der Waals surface area contributed by atoms with Crippen LogP contribution in [0.15, 0.2) is 23.1 Å². The summed E-state index contributed by atoms with van der Waals surface area (Å²) >= 11 is 1.25. The van der Waals surface area contributed by atoms with Crippen LogP contribution in [-0.4, -0.2) is 92.4 Å². The molecule has 328 valence electrons. The molecule has 0 bridgehead atoms. The average molecular weight is 888 g/mol. The van der Waals surface area contributed by atoms with Crippen molar-refractivity contribution in [2.75, 3.05) is 25.0 Å². The van der Waals surface area contributed by atoms with Crippen LogP contribution in [0.3, 0.4) is 0 Å². The van der Waals surface area contributed by atoms with E-state index in [1.54, 1.807) is 36.5 Å². The van der Waals surface area contributed by atoms with E-state index in [9.17, 15) is 29.5 Å². The third kappa shape index (κ3) is 16.5. The monoisotopic (exact) mass is 887 g/mol. The lowest BCUT2D eigenvalue weighted by atomic mass is 10.0. The van der Waals surface area contributed by atoms with Gasteiger partial charge in [0.15, 0.2) is 0 Å². The van der Waals surface area contributed by atoms with E-state index in [0.717, 1.165) is 49.4 Å². The minimum absolute atomic E-state index is 0. The maximum absolute atomic E-state index is 11.6. The smallest absolute Gasteiger partial charge is 0.251 e. The minimum atomic E-state index is -3.26. The van der Waals surface area contributed by atoms with Gasteiger partial charge >= 0.3 is 0 Å². The van der Waals surface area contributed by atoms with Gasteiger partial charge in [-0.1, -0.05) is 85.1 Å². The number of sulfone groups is 1. The summed E-state index contributed by atoms with van der Waals surface area (Å²) < 4.78 is 83.2. The van der Waals surface area contributed by atoms with E-state index >= 15 is 0 Å². The number of hydrogen-bond acceptors (Lipinski definition) is 12. The van der Waals surface area contributed by atoms with E-state index in [1.807, 2.05) is 69.2 Å². The quantitative estimate of drug-likeness (QED) is 0.155. The Labute approximate surface area is 345 Å². The van der Waals surface area contributed by atoms with Gasteiger partial charge in [0.25, 0.3) is 10.0 Å². The summed E-state index contributed by atoms with van der Waals surface area (Å²) in [5, 5.41) is 4.03. The molecule has 19 heteroatoms. The summed E-state index contributed by atoms with van der Waals surface area (Å²) in [6, 6.07) is 0. The van der Waals surface area contributed by atoms with E-state index in [-0.39, 0.29) is 51.8 Å². The molecule has 0 saturated carbocycles. The molecular formula is C37H73N7O7S5. The fourth-order valence-electron chi connectivity index (χ4n) is 5.21. The Morgan fingerprint density at radius 1 is 0.643 bits per heavy atom. The molecule has 0 saturated heterocycles. The van der Waals surface area contributed by atoms with Crippen LogP contribution in [0, 0.1) is 27.7 Å². The van der Waals surface area contributed by atoms with Gasteiger partial charge in [-0.3, -0.25) is 3.97 Å². The van der Waals surface area contributed by atoms with E-state index in [0.29, 0.717) is 11.6 Å². The highest BCUT2D eigenvalue weighted by molar-refractivity contribution is 7.98. The van der Waals surface area contributed by atoms with Gasteiger partial charge in [-0.25, -0.2) is 48.4 Å². The summed E-state index contributed by atoms with van der Waals surface area (Å²) in [6.45, 7) is 23.4. The third-order valence-electron chi connectivity index (χ3n) is 7.35. The largest absolute Gasteiger partial charge is 0.260 e. The molecule has 4 aromatic heterocycles. The van der Waals surface area contributed by atoms with Crippen molar-refractivity contribution in [3.8, 4) is 0 Å². The Bertz CT molecular complexity index is 2250. The number of aryl methyl sites for hydroxylation is 2. The summed E-state index contributed by atoms with van der Waals surface area (Å²) in [5.41, 5.74) is 4.98. The summed E-state index contributed by atoms with van der Waals surface area (Å²) in [6.07, 6.45) is 9.87. The highest BCUT2D eigenvalue weighted by atomic mass is 32.2. The first-order valence-electron chi connectivity index (χ1n) is 16.4. The van der Waals surface area contributed by atoms with E-state index in [1.165, 1.54) is 34.1 Å². The van der Waals surface area contributed by atoms with Crippen molar-refractivity contribution >= 4 is 56.8 Å². The lowest BCUT2D eigenvalue weighted by molar-refractivity contribution is 0.583. The van der Waals surface area contributed by atoms with Gasteiger partial charge in [-0.05, 0) is 56.9 Å². The molecule has 0 radical (unpaired) electrons. The number of nitrogens with zero attached hydrogens (tertiary/aromatic N) is 7. The Hall–Kier alpha value is -2.87. The second-order valence-corrected chi connectivity index (χ2v) is 23.2. The van der Waals surface area contributed by atoms with Gasteiger partial charge in [0.2, 0.25) is 24.2 Å². The first kappa shape index (κ1) is 59.8. The second kappa shape index (κ2) is 22.9. The molecule has 0 aliphatic carbocycles. The Morgan fingerprint density at radius 3 is 1.36 bits per heavy atom. The third-order valence-corrected chi connectivity index (χ3v) is 13.2. The predicted octanol–water partition coefficient (Wildman–Crippen LogP) is 8.19. The van der Waals surface area contributed by atoms with Crippen LogP contribution in [0.5, 0.6) is 0 Å². The van der Waals surface area contributed by atoms with Crippen molar-refractivity contribution in [3.05, 3.63) is 63.5 Å². The highest BCUT2D eigenvalue weighted by Crippen LogP contribution is 2.27. The van der Waals surface area contributed by atoms with Crippen LogP contribution in [0.4, 0.5) is 0 Å². The molecule has 0 fully saturated rings. The SMILES string of the molecule is C.C.C.C.C=S(C)(=O)n1ccnc1C(C)C.Cc1c(C(C)C)ncn1S(C)(=O)=O.Cc1nn(S(C)(=O)=O)c(C)c1C(C)C.Cc1sc(S(C)(=O)=O)nc1C(C)C. The molecule has 56 heavy (non-hydrogen) atoms. The molecule has 0 aliphatic heterocycles. The molecule has 0 N–H and O–H groups in total. The molecule has 14 nitrogen and oxygen atoms in total. The molecule has 0 spiro atoms. The van der Waals surface area contributed by atoms with Gasteiger partial charge < -0.3 is 0 Å². The lowest BCUT2D eigenvalue weighted by Gasteiger charge is -2.10. The maximum atomic E-state index is 11.6. The molecule has 4 aromatic rings. The molecule has 0 aromatic carbocycles. The lowest BCUT2D eigenvalue weighted by Crippen LogP contribution is -2.13. The minimum Gasteiger partial charge on any atom is -0.260 e. The zero-order valence-electron chi connectivity index (χ0n) is 33.3. The van der Waals surface area contributed by atoms with Gasteiger partial charge in [-0.15, -0.1) is 11.3 Å². The summed E-state index contributed by atoms with van der Waals surface area (Å²) in [7, 11) is -11.8. The zero-order chi connectivity index (χ0) is 40.9. The predicted molar refractivity (Wildman–Crippen MR) is 241 cm³/mol. The highest BCUT2D eigenvalue weighted by Gasteiger charge is 2.20. The molecule has 1 unspecified atom stereocenters. The Balaban J connectivity index is -0.000000315. The van der Waals surface area contributed by atoms with Crippen LogP contribution >= 0.6 is 11.3 Å². The van der Waals surface area contributed by atoms with Crippen LogP contribution in [-0.2, 0) is 39.6 Å². The van der Waals surface area contributed by atoms with Crippen LogP contribution in [0.2, 0.25) is 0 Å². The van der Waals surface area contributed by atoms with Crippen molar-refractivity contribution in [1.82, 2.24) is 32.1 Å². The summed E-state index contributed by atoms with van der Waals surface area (Å²) in [5.74, 6) is 5.55. The van der Waals surface area contributed by atoms with E-state index in [2.05, 4.69) is 25.9 Å². The average Bonchev–Trinajstić information content (AvgIpc) is 3.73. The Kier molecular flexibility index (Phi) is 24.5. The molecule has 1 atom stereocenters. The number of aromatic nitrogens is 7. The van der Waals surface area contributed by atoms with Crippen molar-refractivity contribution in [2.45, 2.75) is 141 Å².